The Hall–Kier alpha value is -8.19. The first-order valence-corrected chi connectivity index (χ1v) is 21.9. The zero-order valence-electron chi connectivity index (χ0n) is 34.0. The van der Waals surface area contributed by atoms with Crippen LogP contribution in [0.25, 0.3) is 93.0 Å². The largest absolute Gasteiger partial charge is 0.310 e. The molecule has 0 N–H and O–H groups in total. The Morgan fingerprint density at radius 1 is 0.317 bits per heavy atom. The van der Waals surface area contributed by atoms with Crippen LogP contribution in [0, 0.1) is 0 Å². The van der Waals surface area contributed by atoms with Crippen LogP contribution in [-0.2, 0) is 0 Å². The standard InChI is InChI=1S/C57H37N5S/c1-4-14-38(15-5-1)39-24-29-44(30-25-39)61(46-33-34-49-48-21-11-13-23-53(48)63-54(49)37-46)45-31-26-40(27-32-45)43-28-35-52-50(36-43)47-20-10-12-22-51(47)62(52)57-59-55(41-16-6-2-7-17-41)58-56(60-57)42-18-8-3-9-19-42/h1-37H. The molecule has 0 spiro atoms. The Morgan fingerprint density at radius 2 is 0.794 bits per heavy atom. The lowest BCUT2D eigenvalue weighted by molar-refractivity contribution is 0.953. The minimum atomic E-state index is 0.580. The van der Waals surface area contributed by atoms with Crippen molar-refractivity contribution in [2.24, 2.45) is 0 Å². The summed E-state index contributed by atoms with van der Waals surface area (Å²) in [5.41, 5.74) is 11.9. The minimum Gasteiger partial charge on any atom is -0.310 e. The molecule has 5 nitrogen and oxygen atoms in total. The van der Waals surface area contributed by atoms with Crippen molar-refractivity contribution in [2.75, 3.05) is 4.90 Å². The SMILES string of the molecule is c1ccc(-c2ccc(N(c3ccc(-c4ccc5c(c4)c4ccccc4n5-c4nc(-c5ccccc5)nc(-c5ccccc5)n4)cc3)c3ccc4c(c3)sc3ccccc34)cc2)cc1. The van der Waals surface area contributed by atoms with Gasteiger partial charge in [-0.1, -0.05) is 164 Å². The average Bonchev–Trinajstić information content (AvgIpc) is 3.90. The number of benzene rings is 9. The summed E-state index contributed by atoms with van der Waals surface area (Å²) in [7, 11) is 0. The summed E-state index contributed by atoms with van der Waals surface area (Å²) in [6, 6.07) is 79.4. The van der Waals surface area contributed by atoms with Gasteiger partial charge < -0.3 is 4.90 Å². The van der Waals surface area contributed by atoms with Gasteiger partial charge in [0.2, 0.25) is 5.95 Å². The van der Waals surface area contributed by atoms with E-state index in [9.17, 15) is 0 Å². The van der Waals surface area contributed by atoms with Crippen LogP contribution < -0.4 is 4.90 Å². The lowest BCUT2D eigenvalue weighted by Gasteiger charge is -2.26. The van der Waals surface area contributed by atoms with Gasteiger partial charge >= 0.3 is 0 Å². The van der Waals surface area contributed by atoms with Gasteiger partial charge in [0.15, 0.2) is 11.6 Å². The van der Waals surface area contributed by atoms with E-state index in [1.807, 2.05) is 72.0 Å². The van der Waals surface area contributed by atoms with Crippen molar-refractivity contribution in [3.8, 4) is 51.0 Å². The van der Waals surface area contributed by atoms with Gasteiger partial charge in [-0.3, -0.25) is 4.57 Å². The third-order valence-electron chi connectivity index (χ3n) is 11.9. The second kappa shape index (κ2) is 15.4. The fraction of sp³-hybridized carbons (Fsp3) is 0. The molecule has 0 atom stereocenters. The third kappa shape index (κ3) is 6.61. The van der Waals surface area contributed by atoms with Crippen molar-refractivity contribution in [3.63, 3.8) is 0 Å². The van der Waals surface area contributed by atoms with Gasteiger partial charge in [0.05, 0.1) is 11.0 Å². The predicted molar refractivity (Wildman–Crippen MR) is 263 cm³/mol. The van der Waals surface area contributed by atoms with Crippen LogP contribution in [0.1, 0.15) is 0 Å². The summed E-state index contributed by atoms with van der Waals surface area (Å²) in [4.78, 5) is 17.5. The molecule has 0 aliphatic heterocycles. The van der Waals surface area contributed by atoms with Crippen molar-refractivity contribution < 1.29 is 0 Å². The van der Waals surface area contributed by atoms with E-state index in [0.29, 0.717) is 17.6 Å². The highest BCUT2D eigenvalue weighted by Gasteiger charge is 2.20. The van der Waals surface area contributed by atoms with Crippen LogP contribution in [0.2, 0.25) is 0 Å². The molecule has 0 saturated carbocycles. The molecule has 0 saturated heterocycles. The summed E-state index contributed by atoms with van der Waals surface area (Å²) in [5, 5.41) is 4.85. The minimum absolute atomic E-state index is 0.580. The van der Waals surface area contributed by atoms with E-state index < -0.39 is 0 Å². The van der Waals surface area contributed by atoms with E-state index in [1.165, 1.54) is 31.3 Å². The van der Waals surface area contributed by atoms with E-state index in [1.54, 1.807) is 0 Å². The molecule has 0 aliphatic carbocycles. The smallest absolute Gasteiger partial charge is 0.238 e. The number of nitrogens with zero attached hydrogens (tertiary/aromatic N) is 5. The molecule has 12 rings (SSSR count). The molecule has 296 valence electrons. The van der Waals surface area contributed by atoms with Gasteiger partial charge in [0, 0.05) is 59.1 Å². The van der Waals surface area contributed by atoms with Crippen LogP contribution in [0.5, 0.6) is 0 Å². The molecule has 0 bridgehead atoms. The van der Waals surface area contributed by atoms with Gasteiger partial charge in [-0.2, -0.15) is 9.97 Å². The number of para-hydroxylation sites is 1. The van der Waals surface area contributed by atoms with Crippen molar-refractivity contribution in [1.29, 1.82) is 0 Å². The number of thiophene rings is 1. The van der Waals surface area contributed by atoms with Crippen molar-refractivity contribution in [2.45, 2.75) is 0 Å². The fourth-order valence-corrected chi connectivity index (χ4v) is 9.94. The normalized spacial score (nSPS) is 11.5. The van der Waals surface area contributed by atoms with Gasteiger partial charge in [-0.15, -0.1) is 11.3 Å². The fourth-order valence-electron chi connectivity index (χ4n) is 8.80. The molecule has 0 radical (unpaired) electrons. The zero-order valence-corrected chi connectivity index (χ0v) is 34.8. The van der Waals surface area contributed by atoms with E-state index >= 15 is 0 Å². The van der Waals surface area contributed by atoms with Crippen LogP contribution >= 0.6 is 11.3 Å². The quantitative estimate of drug-likeness (QED) is 0.153. The third-order valence-corrected chi connectivity index (χ3v) is 13.0. The number of hydrogen-bond acceptors (Lipinski definition) is 5. The number of rotatable bonds is 8. The highest BCUT2D eigenvalue weighted by Crippen LogP contribution is 2.42. The molecule has 63 heavy (non-hydrogen) atoms. The summed E-state index contributed by atoms with van der Waals surface area (Å²) in [6.07, 6.45) is 0. The van der Waals surface area contributed by atoms with E-state index in [0.717, 1.165) is 61.1 Å². The summed E-state index contributed by atoms with van der Waals surface area (Å²) < 4.78 is 4.75. The molecule has 0 fully saturated rings. The van der Waals surface area contributed by atoms with Crippen LogP contribution in [0.15, 0.2) is 224 Å². The molecule has 0 aliphatic rings. The highest BCUT2D eigenvalue weighted by atomic mass is 32.1. The first kappa shape index (κ1) is 36.6. The Labute approximate surface area is 368 Å². The Balaban J connectivity index is 0.954. The summed E-state index contributed by atoms with van der Waals surface area (Å²) >= 11 is 1.84. The van der Waals surface area contributed by atoms with E-state index in [-0.39, 0.29) is 0 Å². The number of anilines is 3. The molecule has 3 aromatic heterocycles. The van der Waals surface area contributed by atoms with E-state index in [2.05, 4.69) is 173 Å². The summed E-state index contributed by atoms with van der Waals surface area (Å²) in [6.45, 7) is 0. The Bertz CT molecular complexity index is 3540. The first-order chi connectivity index (χ1) is 31.2. The zero-order chi connectivity index (χ0) is 41.7. The molecule has 12 aromatic rings. The van der Waals surface area contributed by atoms with E-state index in [4.69, 9.17) is 15.0 Å². The maximum Gasteiger partial charge on any atom is 0.238 e. The second-order valence-corrected chi connectivity index (χ2v) is 16.8. The number of aromatic nitrogens is 4. The molecule has 6 heteroatoms. The molecule has 0 amide bonds. The molecule has 0 unspecified atom stereocenters. The Morgan fingerprint density at radius 3 is 1.44 bits per heavy atom. The maximum absolute atomic E-state index is 5.11. The topological polar surface area (TPSA) is 46.8 Å². The Kier molecular flexibility index (Phi) is 8.94. The van der Waals surface area contributed by atoms with Crippen molar-refractivity contribution in [1.82, 2.24) is 19.5 Å². The van der Waals surface area contributed by atoms with Crippen LogP contribution in [-0.4, -0.2) is 19.5 Å². The van der Waals surface area contributed by atoms with Crippen LogP contribution in [0.4, 0.5) is 17.1 Å². The van der Waals surface area contributed by atoms with Gasteiger partial charge in [0.25, 0.3) is 0 Å². The molecular weight excluding hydrogens is 787 g/mol. The first-order valence-electron chi connectivity index (χ1n) is 21.1. The lowest BCUT2D eigenvalue weighted by atomic mass is 10.0. The second-order valence-electron chi connectivity index (χ2n) is 15.7. The van der Waals surface area contributed by atoms with Gasteiger partial charge in [-0.05, 0) is 82.9 Å². The number of hydrogen-bond donors (Lipinski definition) is 0. The average molecular weight is 824 g/mol. The van der Waals surface area contributed by atoms with Crippen molar-refractivity contribution in [3.05, 3.63) is 224 Å². The van der Waals surface area contributed by atoms with Gasteiger partial charge in [-0.25, -0.2) is 4.98 Å². The highest BCUT2D eigenvalue weighted by molar-refractivity contribution is 7.25. The predicted octanol–water partition coefficient (Wildman–Crippen LogP) is 15.5. The maximum atomic E-state index is 5.11. The van der Waals surface area contributed by atoms with Crippen LogP contribution in [0.3, 0.4) is 0 Å². The monoisotopic (exact) mass is 823 g/mol. The molecular formula is C57H37N5S. The lowest BCUT2D eigenvalue weighted by Crippen LogP contribution is -2.09. The van der Waals surface area contributed by atoms with Crippen molar-refractivity contribution >= 4 is 70.4 Å². The number of fused-ring (bicyclic) bond motifs is 6. The molecule has 3 heterocycles. The molecule has 9 aromatic carbocycles. The summed E-state index contributed by atoms with van der Waals surface area (Å²) in [5.74, 6) is 1.84. The van der Waals surface area contributed by atoms with Gasteiger partial charge in [0.1, 0.15) is 0 Å².